The van der Waals surface area contributed by atoms with Gasteiger partial charge in [0.05, 0.1) is 11.7 Å². The Morgan fingerprint density at radius 2 is 2.00 bits per heavy atom. The molecule has 2 N–H and O–H groups in total. The normalized spacial score (nSPS) is 17.1. The van der Waals surface area contributed by atoms with Gasteiger partial charge >= 0.3 is 0 Å². The molecule has 2 nitrogen and oxygen atoms in total. The maximum atomic E-state index is 6.14. The third kappa shape index (κ3) is 2.37. The summed E-state index contributed by atoms with van der Waals surface area (Å²) in [5.41, 5.74) is 8.24. The first-order valence-corrected chi connectivity index (χ1v) is 6.97. The molecule has 1 saturated carbocycles. The zero-order valence-electron chi connectivity index (χ0n) is 9.27. The smallest absolute Gasteiger partial charge is 0.110 e. The molecular formula is C13H13ClN2S. The summed E-state index contributed by atoms with van der Waals surface area (Å²) in [6.45, 7) is 0. The first-order chi connectivity index (χ1) is 8.24. The molecule has 2 aromatic rings. The van der Waals surface area contributed by atoms with Crippen LogP contribution >= 0.6 is 22.9 Å². The minimum atomic E-state index is 0.126. The van der Waals surface area contributed by atoms with Crippen LogP contribution in [-0.4, -0.2) is 4.98 Å². The van der Waals surface area contributed by atoms with E-state index in [9.17, 15) is 0 Å². The van der Waals surface area contributed by atoms with Crippen molar-refractivity contribution in [1.82, 2.24) is 4.98 Å². The van der Waals surface area contributed by atoms with Crippen LogP contribution in [0.4, 0.5) is 0 Å². The molecule has 0 radical (unpaired) electrons. The fourth-order valence-corrected chi connectivity index (χ4v) is 2.90. The van der Waals surface area contributed by atoms with Crippen LogP contribution in [0.5, 0.6) is 0 Å². The number of hydrogen-bond acceptors (Lipinski definition) is 3. The zero-order valence-corrected chi connectivity index (χ0v) is 10.8. The van der Waals surface area contributed by atoms with Crippen LogP contribution in [0.2, 0.25) is 5.02 Å². The number of benzene rings is 1. The molecule has 1 aliphatic carbocycles. The molecule has 0 amide bonds. The summed E-state index contributed by atoms with van der Waals surface area (Å²) in [4.78, 5) is 4.62. The lowest BCUT2D eigenvalue weighted by atomic mass is 10.2. The predicted octanol–water partition coefficient (Wildman–Crippen LogP) is 3.87. The van der Waals surface area contributed by atoms with E-state index in [1.54, 1.807) is 11.3 Å². The molecule has 17 heavy (non-hydrogen) atoms. The second kappa shape index (κ2) is 4.41. The molecule has 1 aliphatic rings. The molecule has 1 heterocycles. The van der Waals surface area contributed by atoms with Gasteiger partial charge in [0.15, 0.2) is 0 Å². The maximum absolute atomic E-state index is 6.14. The van der Waals surface area contributed by atoms with Crippen molar-refractivity contribution in [3.05, 3.63) is 39.7 Å². The molecule has 1 unspecified atom stereocenters. The molecule has 1 aromatic carbocycles. The number of hydrogen-bond donors (Lipinski definition) is 1. The van der Waals surface area contributed by atoms with E-state index in [2.05, 4.69) is 10.4 Å². The second-order valence-corrected chi connectivity index (χ2v) is 5.77. The number of nitrogens with two attached hydrogens (primary N) is 1. The minimum absolute atomic E-state index is 0.126. The zero-order chi connectivity index (χ0) is 11.8. The highest BCUT2D eigenvalue weighted by Crippen LogP contribution is 2.40. The summed E-state index contributed by atoms with van der Waals surface area (Å²) < 4.78 is 0. The first kappa shape index (κ1) is 11.2. The van der Waals surface area contributed by atoms with Crippen molar-refractivity contribution < 1.29 is 0 Å². The second-order valence-electron chi connectivity index (χ2n) is 4.44. The standard InChI is InChI=1S/C13H13ClN2S/c14-10-5-3-8(4-6-10)11-7-17-13(16-11)12(15)9-1-2-9/h3-7,9,12H,1-2,15H2. The van der Waals surface area contributed by atoms with E-state index in [1.165, 1.54) is 12.8 Å². The third-order valence-corrected chi connectivity index (χ3v) is 4.27. The molecule has 1 aromatic heterocycles. The molecule has 0 bridgehead atoms. The van der Waals surface area contributed by atoms with E-state index in [1.807, 2.05) is 24.3 Å². The van der Waals surface area contributed by atoms with Gasteiger partial charge in [0.1, 0.15) is 5.01 Å². The Morgan fingerprint density at radius 3 is 2.65 bits per heavy atom. The number of halogens is 1. The van der Waals surface area contributed by atoms with Gasteiger partial charge in [-0.15, -0.1) is 11.3 Å². The van der Waals surface area contributed by atoms with Crippen LogP contribution in [-0.2, 0) is 0 Å². The summed E-state index contributed by atoms with van der Waals surface area (Å²) in [7, 11) is 0. The van der Waals surface area contributed by atoms with Gasteiger partial charge in [0, 0.05) is 16.0 Å². The van der Waals surface area contributed by atoms with E-state index in [-0.39, 0.29) is 6.04 Å². The molecule has 0 spiro atoms. The lowest BCUT2D eigenvalue weighted by molar-refractivity contribution is 0.629. The number of thiazole rings is 1. The van der Waals surface area contributed by atoms with Crippen molar-refractivity contribution in [3.8, 4) is 11.3 Å². The van der Waals surface area contributed by atoms with Gasteiger partial charge < -0.3 is 5.73 Å². The SMILES string of the molecule is NC(c1nc(-c2ccc(Cl)cc2)cs1)C1CC1. The Labute approximate surface area is 109 Å². The van der Waals surface area contributed by atoms with E-state index in [4.69, 9.17) is 17.3 Å². The van der Waals surface area contributed by atoms with Crippen LogP contribution in [0.15, 0.2) is 29.6 Å². The number of rotatable bonds is 3. The molecule has 1 fully saturated rings. The number of nitrogens with zero attached hydrogens (tertiary/aromatic N) is 1. The van der Waals surface area contributed by atoms with Gasteiger partial charge in [-0.2, -0.15) is 0 Å². The minimum Gasteiger partial charge on any atom is -0.322 e. The Balaban J connectivity index is 1.86. The van der Waals surface area contributed by atoms with Gasteiger partial charge in [-0.05, 0) is 30.9 Å². The van der Waals surface area contributed by atoms with Crippen molar-refractivity contribution in [2.24, 2.45) is 11.7 Å². The summed E-state index contributed by atoms with van der Waals surface area (Å²) in [5.74, 6) is 0.652. The maximum Gasteiger partial charge on any atom is 0.110 e. The van der Waals surface area contributed by atoms with Crippen LogP contribution in [0.25, 0.3) is 11.3 Å². The summed E-state index contributed by atoms with van der Waals surface area (Å²) in [6, 6.07) is 7.88. The molecule has 1 atom stereocenters. The monoisotopic (exact) mass is 264 g/mol. The van der Waals surface area contributed by atoms with E-state index < -0.39 is 0 Å². The lowest BCUT2D eigenvalue weighted by Gasteiger charge is -2.04. The van der Waals surface area contributed by atoms with Gasteiger partial charge in [0.25, 0.3) is 0 Å². The van der Waals surface area contributed by atoms with Gasteiger partial charge in [-0.1, -0.05) is 23.7 Å². The largest absolute Gasteiger partial charge is 0.322 e. The molecule has 0 saturated heterocycles. The molecule has 88 valence electrons. The topological polar surface area (TPSA) is 38.9 Å². The highest BCUT2D eigenvalue weighted by molar-refractivity contribution is 7.10. The molecule has 4 heteroatoms. The Morgan fingerprint density at radius 1 is 1.29 bits per heavy atom. The van der Waals surface area contributed by atoms with Crippen LogP contribution in [0, 0.1) is 5.92 Å². The summed E-state index contributed by atoms with van der Waals surface area (Å²) in [6.07, 6.45) is 2.49. The van der Waals surface area contributed by atoms with Crippen molar-refractivity contribution >= 4 is 22.9 Å². The van der Waals surface area contributed by atoms with Crippen molar-refractivity contribution in [2.45, 2.75) is 18.9 Å². The van der Waals surface area contributed by atoms with Crippen LogP contribution in [0.3, 0.4) is 0 Å². The molecule has 0 aliphatic heterocycles. The Hall–Kier alpha value is -0.900. The highest BCUT2D eigenvalue weighted by Gasteiger charge is 2.31. The van der Waals surface area contributed by atoms with Gasteiger partial charge in [-0.25, -0.2) is 4.98 Å². The Bertz CT molecular complexity index is 516. The van der Waals surface area contributed by atoms with E-state index in [0.717, 1.165) is 21.3 Å². The fraction of sp³-hybridized carbons (Fsp3) is 0.308. The first-order valence-electron chi connectivity index (χ1n) is 5.71. The van der Waals surface area contributed by atoms with E-state index in [0.29, 0.717) is 5.92 Å². The van der Waals surface area contributed by atoms with Crippen molar-refractivity contribution in [1.29, 1.82) is 0 Å². The predicted molar refractivity (Wildman–Crippen MR) is 72.2 cm³/mol. The van der Waals surface area contributed by atoms with Crippen molar-refractivity contribution in [3.63, 3.8) is 0 Å². The molecule has 3 rings (SSSR count). The Kier molecular flexibility index (Phi) is 2.90. The average Bonchev–Trinajstić information content (AvgIpc) is 3.07. The summed E-state index contributed by atoms with van der Waals surface area (Å²) >= 11 is 7.52. The quantitative estimate of drug-likeness (QED) is 0.914. The summed E-state index contributed by atoms with van der Waals surface area (Å²) in [5, 5.41) is 3.87. The fourth-order valence-electron chi connectivity index (χ4n) is 1.85. The van der Waals surface area contributed by atoms with Gasteiger partial charge in [-0.3, -0.25) is 0 Å². The van der Waals surface area contributed by atoms with E-state index >= 15 is 0 Å². The third-order valence-electron chi connectivity index (χ3n) is 3.08. The van der Waals surface area contributed by atoms with Gasteiger partial charge in [0.2, 0.25) is 0 Å². The average molecular weight is 265 g/mol. The highest BCUT2D eigenvalue weighted by atomic mass is 35.5. The van der Waals surface area contributed by atoms with Crippen molar-refractivity contribution in [2.75, 3.05) is 0 Å². The van der Waals surface area contributed by atoms with Crippen LogP contribution in [0.1, 0.15) is 23.9 Å². The molecular weight excluding hydrogens is 252 g/mol. The lowest BCUT2D eigenvalue weighted by Crippen LogP contribution is -2.11. The number of aromatic nitrogens is 1. The van der Waals surface area contributed by atoms with Crippen LogP contribution < -0.4 is 5.73 Å².